The zero-order valence-electron chi connectivity index (χ0n) is 16.3. The van der Waals surface area contributed by atoms with Crippen LogP contribution in [0, 0.1) is 11.8 Å². The zero-order chi connectivity index (χ0) is 18.1. The van der Waals surface area contributed by atoms with E-state index < -0.39 is 0 Å². The number of rotatable bonds is 3. The summed E-state index contributed by atoms with van der Waals surface area (Å²) in [4.78, 5) is 14.0. The van der Waals surface area contributed by atoms with Gasteiger partial charge in [0.05, 0.1) is 11.7 Å². The number of likely N-dealkylation sites (N-methyl/N-ethyl adjacent to an activating group) is 1. The molecule has 142 valence electrons. The van der Waals surface area contributed by atoms with Gasteiger partial charge in [-0.1, -0.05) is 11.6 Å². The Morgan fingerprint density at radius 3 is 2.69 bits per heavy atom. The minimum Gasteiger partial charge on any atom is -0.354 e. The molecule has 0 bridgehead atoms. The maximum absolute atomic E-state index is 4.64. The molecule has 0 aromatic carbocycles. The normalized spacial score (nSPS) is 32.3. The second-order valence-corrected chi connectivity index (χ2v) is 8.45. The van der Waals surface area contributed by atoms with Crippen LogP contribution in [0.1, 0.15) is 44.8 Å². The Labute approximate surface area is 157 Å². The van der Waals surface area contributed by atoms with Crippen LogP contribution in [0.5, 0.6) is 0 Å². The molecule has 3 heterocycles. The number of piperazine rings is 1. The van der Waals surface area contributed by atoms with Crippen molar-refractivity contribution in [2.45, 2.75) is 45.2 Å². The Hall–Kier alpha value is -1.50. The van der Waals surface area contributed by atoms with Crippen LogP contribution in [-0.2, 0) is 0 Å². The van der Waals surface area contributed by atoms with Gasteiger partial charge in [0.2, 0.25) is 0 Å². The number of allylic oxidation sites excluding steroid dienone is 2. The van der Waals surface area contributed by atoms with Crippen molar-refractivity contribution >= 4 is 5.82 Å². The van der Waals surface area contributed by atoms with Crippen molar-refractivity contribution in [3.05, 3.63) is 29.7 Å². The molecule has 3 fully saturated rings. The van der Waals surface area contributed by atoms with Crippen LogP contribution >= 0.6 is 0 Å². The van der Waals surface area contributed by atoms with Gasteiger partial charge in [0, 0.05) is 38.3 Å². The quantitative estimate of drug-likeness (QED) is 0.809. The van der Waals surface area contributed by atoms with Gasteiger partial charge in [0.1, 0.15) is 12.1 Å². The van der Waals surface area contributed by atoms with E-state index in [-0.39, 0.29) is 6.04 Å². The molecule has 1 aliphatic carbocycles. The predicted octanol–water partition coefficient (Wildman–Crippen LogP) is 2.13. The van der Waals surface area contributed by atoms with Crippen LogP contribution in [0.15, 0.2) is 24.0 Å². The van der Waals surface area contributed by atoms with Crippen LogP contribution in [0.25, 0.3) is 0 Å². The lowest BCUT2D eigenvalue weighted by molar-refractivity contribution is 0.261. The first-order valence-corrected chi connectivity index (χ1v) is 10.0. The fraction of sp³-hybridized carbons (Fsp3) is 0.700. The molecule has 6 nitrogen and oxygen atoms in total. The lowest BCUT2D eigenvalue weighted by atomic mass is 9.75. The van der Waals surface area contributed by atoms with Gasteiger partial charge in [-0.15, -0.1) is 0 Å². The SMILES string of the molecule is CC(C)=CC1CCC2NNC(c3cc(N4CCN(C)CC4)ncn3)C2C1. The summed E-state index contributed by atoms with van der Waals surface area (Å²) >= 11 is 0. The minimum absolute atomic E-state index is 0.280. The van der Waals surface area contributed by atoms with Crippen molar-refractivity contribution in [2.75, 3.05) is 38.1 Å². The summed E-state index contributed by atoms with van der Waals surface area (Å²) in [5.74, 6) is 2.37. The Morgan fingerprint density at radius 1 is 1.12 bits per heavy atom. The number of hydrogen-bond acceptors (Lipinski definition) is 6. The summed E-state index contributed by atoms with van der Waals surface area (Å²) in [5, 5.41) is 0. The second kappa shape index (κ2) is 7.62. The molecule has 4 atom stereocenters. The first kappa shape index (κ1) is 17.9. The molecule has 2 aliphatic heterocycles. The number of nitrogens with zero attached hydrogens (tertiary/aromatic N) is 4. The van der Waals surface area contributed by atoms with E-state index in [1.807, 2.05) is 0 Å². The molecule has 1 saturated carbocycles. The molecule has 4 rings (SSSR count). The van der Waals surface area contributed by atoms with Gasteiger partial charge < -0.3 is 9.80 Å². The molecule has 0 radical (unpaired) electrons. The van der Waals surface area contributed by atoms with E-state index in [4.69, 9.17) is 0 Å². The fourth-order valence-corrected chi connectivity index (χ4v) is 4.75. The third-order valence-corrected chi connectivity index (χ3v) is 6.18. The highest BCUT2D eigenvalue weighted by Gasteiger charge is 2.41. The monoisotopic (exact) mass is 356 g/mol. The van der Waals surface area contributed by atoms with E-state index in [1.165, 1.54) is 24.8 Å². The number of anilines is 1. The third kappa shape index (κ3) is 3.77. The van der Waals surface area contributed by atoms with Gasteiger partial charge in [0.25, 0.3) is 0 Å². The second-order valence-electron chi connectivity index (χ2n) is 8.45. The van der Waals surface area contributed by atoms with Gasteiger partial charge in [-0.2, -0.15) is 0 Å². The van der Waals surface area contributed by atoms with Gasteiger partial charge in [0.15, 0.2) is 0 Å². The lowest BCUT2D eigenvalue weighted by Crippen LogP contribution is -2.44. The van der Waals surface area contributed by atoms with Crippen LogP contribution in [0.3, 0.4) is 0 Å². The Morgan fingerprint density at radius 2 is 1.92 bits per heavy atom. The van der Waals surface area contributed by atoms with Crippen molar-refractivity contribution in [1.29, 1.82) is 0 Å². The van der Waals surface area contributed by atoms with Crippen molar-refractivity contribution in [1.82, 2.24) is 25.7 Å². The molecule has 3 aliphatic rings. The summed E-state index contributed by atoms with van der Waals surface area (Å²) in [6, 6.07) is 3.05. The first-order valence-electron chi connectivity index (χ1n) is 10.0. The largest absolute Gasteiger partial charge is 0.354 e. The van der Waals surface area contributed by atoms with Crippen molar-refractivity contribution < 1.29 is 0 Å². The molecular formula is C20H32N6. The molecule has 2 N–H and O–H groups in total. The Bertz CT molecular complexity index is 647. The van der Waals surface area contributed by atoms with Gasteiger partial charge >= 0.3 is 0 Å². The molecule has 1 aromatic rings. The van der Waals surface area contributed by atoms with Crippen LogP contribution in [0.4, 0.5) is 5.82 Å². The number of aromatic nitrogens is 2. The van der Waals surface area contributed by atoms with Crippen LogP contribution < -0.4 is 15.8 Å². The summed E-state index contributed by atoms with van der Waals surface area (Å²) in [7, 11) is 2.18. The highest BCUT2D eigenvalue weighted by Crippen LogP contribution is 2.40. The van der Waals surface area contributed by atoms with Crippen LogP contribution in [0.2, 0.25) is 0 Å². The van der Waals surface area contributed by atoms with E-state index in [2.05, 4.69) is 63.7 Å². The molecule has 6 heteroatoms. The summed E-state index contributed by atoms with van der Waals surface area (Å²) < 4.78 is 0. The standard InChI is InChI=1S/C20H32N6/c1-14(2)10-15-4-5-17-16(11-15)20(24-23-17)18-12-19(22-13-21-18)26-8-6-25(3)7-9-26/h10,12-13,15-17,20,23-24H,4-9,11H2,1-3H3. The average Bonchev–Trinajstić information content (AvgIpc) is 3.05. The van der Waals surface area contributed by atoms with Crippen molar-refractivity contribution in [2.24, 2.45) is 11.8 Å². The molecule has 0 amide bonds. The topological polar surface area (TPSA) is 56.3 Å². The molecule has 1 aromatic heterocycles. The summed E-state index contributed by atoms with van der Waals surface area (Å²) in [5.41, 5.74) is 9.64. The lowest BCUT2D eigenvalue weighted by Gasteiger charge is -2.34. The summed E-state index contributed by atoms with van der Waals surface area (Å²) in [6.45, 7) is 8.69. The molecule has 26 heavy (non-hydrogen) atoms. The number of fused-ring (bicyclic) bond motifs is 1. The Balaban J connectivity index is 1.50. The highest BCUT2D eigenvalue weighted by molar-refractivity contribution is 5.40. The van der Waals surface area contributed by atoms with E-state index in [1.54, 1.807) is 6.33 Å². The maximum Gasteiger partial charge on any atom is 0.132 e. The highest BCUT2D eigenvalue weighted by atomic mass is 15.4. The van der Waals surface area contributed by atoms with E-state index in [0.29, 0.717) is 17.9 Å². The zero-order valence-corrected chi connectivity index (χ0v) is 16.3. The minimum atomic E-state index is 0.280. The summed E-state index contributed by atoms with van der Waals surface area (Å²) in [6.07, 6.45) is 7.95. The van der Waals surface area contributed by atoms with Crippen molar-refractivity contribution in [3.8, 4) is 0 Å². The smallest absolute Gasteiger partial charge is 0.132 e. The molecular weight excluding hydrogens is 324 g/mol. The molecule has 2 saturated heterocycles. The molecule has 4 unspecified atom stereocenters. The molecule has 0 spiro atoms. The maximum atomic E-state index is 4.64. The Kier molecular flexibility index (Phi) is 5.25. The first-order chi connectivity index (χ1) is 12.6. The van der Waals surface area contributed by atoms with E-state index >= 15 is 0 Å². The number of nitrogens with one attached hydrogen (secondary N) is 2. The number of hydrogen-bond donors (Lipinski definition) is 2. The van der Waals surface area contributed by atoms with Crippen molar-refractivity contribution in [3.63, 3.8) is 0 Å². The predicted molar refractivity (Wildman–Crippen MR) is 105 cm³/mol. The van der Waals surface area contributed by atoms with E-state index in [0.717, 1.165) is 37.7 Å². The fourth-order valence-electron chi connectivity index (χ4n) is 4.75. The van der Waals surface area contributed by atoms with Crippen LogP contribution in [-0.4, -0.2) is 54.1 Å². The van der Waals surface area contributed by atoms with Gasteiger partial charge in [-0.05, 0) is 52.0 Å². The van der Waals surface area contributed by atoms with Gasteiger partial charge in [-0.25, -0.2) is 15.4 Å². The number of hydrazine groups is 1. The third-order valence-electron chi connectivity index (χ3n) is 6.18. The van der Waals surface area contributed by atoms with Gasteiger partial charge in [-0.3, -0.25) is 5.43 Å². The van der Waals surface area contributed by atoms with E-state index in [9.17, 15) is 0 Å². The average molecular weight is 357 g/mol.